The van der Waals surface area contributed by atoms with E-state index < -0.39 is 0 Å². The third-order valence-corrected chi connectivity index (χ3v) is 6.23. The van der Waals surface area contributed by atoms with E-state index in [0.29, 0.717) is 23.3 Å². The van der Waals surface area contributed by atoms with Crippen molar-refractivity contribution in [3.05, 3.63) is 30.4 Å². The molecule has 2 aliphatic carbocycles. The van der Waals surface area contributed by atoms with Crippen LogP contribution in [0.25, 0.3) is 0 Å². The number of rotatable bonds is 5. The van der Waals surface area contributed by atoms with Crippen molar-refractivity contribution in [2.24, 2.45) is 38.5 Å². The Kier molecular flexibility index (Phi) is 4.76. The van der Waals surface area contributed by atoms with E-state index in [9.17, 15) is 4.79 Å². The number of ether oxygens (including phenoxy) is 2. The van der Waals surface area contributed by atoms with Crippen LogP contribution in [-0.2, 0) is 4.79 Å². The molecule has 0 aromatic heterocycles. The zero-order chi connectivity index (χ0) is 21.5. The van der Waals surface area contributed by atoms with Crippen LogP contribution in [0.3, 0.4) is 0 Å². The minimum Gasteiger partial charge on any atom is -0.497 e. The van der Waals surface area contributed by atoms with Gasteiger partial charge in [0.15, 0.2) is 6.17 Å². The van der Waals surface area contributed by atoms with Crippen LogP contribution in [0.5, 0.6) is 11.5 Å². The van der Waals surface area contributed by atoms with Crippen molar-refractivity contribution in [2.75, 3.05) is 19.5 Å². The largest absolute Gasteiger partial charge is 0.497 e. The molecular weight excluding hydrogens is 398 g/mol. The van der Waals surface area contributed by atoms with Gasteiger partial charge in [0.1, 0.15) is 23.4 Å². The second-order valence-electron chi connectivity index (χ2n) is 8.05. The van der Waals surface area contributed by atoms with Gasteiger partial charge in [-0.25, -0.2) is 9.98 Å². The van der Waals surface area contributed by atoms with Gasteiger partial charge in [0.25, 0.3) is 0 Å². The van der Waals surface area contributed by atoms with Crippen LogP contribution in [0.15, 0.2) is 45.3 Å². The number of aliphatic imine (C=N–C) groups is 3. The summed E-state index contributed by atoms with van der Waals surface area (Å²) < 4.78 is 10.7. The molecule has 4 aliphatic rings. The molecule has 0 spiro atoms. The summed E-state index contributed by atoms with van der Waals surface area (Å²) in [6.07, 6.45) is 6.44. The number of fused-ring (bicyclic) bond motifs is 3. The number of methoxy groups -OCH3 is 2. The lowest BCUT2D eigenvalue weighted by Crippen LogP contribution is -2.55. The fraction of sp³-hybridized carbons (Fsp3) is 0.429. The number of allylic oxidation sites excluding steroid dienone is 1. The first-order chi connectivity index (χ1) is 15.1. The van der Waals surface area contributed by atoms with E-state index in [1.54, 1.807) is 26.6 Å². The highest BCUT2D eigenvalue weighted by molar-refractivity contribution is 6.10. The van der Waals surface area contributed by atoms with Crippen LogP contribution in [-0.4, -0.2) is 56.5 Å². The first kappa shape index (κ1) is 19.4. The van der Waals surface area contributed by atoms with E-state index >= 15 is 0 Å². The van der Waals surface area contributed by atoms with Crippen LogP contribution in [0, 0.1) is 17.8 Å². The topological polar surface area (TPSA) is 135 Å². The number of nitrogens with two attached hydrogens (primary N) is 1. The Balaban J connectivity index is 1.43. The SMILES string of the molecule is COc1cc(NC2=NC3N=CNC3C(=NC3C4C=CC(C4)C3C(N)=O)N2)cc(OC)c1. The Bertz CT molecular complexity index is 996. The van der Waals surface area contributed by atoms with Crippen LogP contribution in [0.1, 0.15) is 6.42 Å². The quantitative estimate of drug-likeness (QED) is 0.509. The molecule has 1 saturated carbocycles. The molecule has 10 nitrogen and oxygen atoms in total. The maximum Gasteiger partial charge on any atom is 0.223 e. The van der Waals surface area contributed by atoms with Crippen LogP contribution in [0.4, 0.5) is 5.69 Å². The van der Waals surface area contributed by atoms with Crippen molar-refractivity contribution >= 4 is 29.7 Å². The van der Waals surface area contributed by atoms with Gasteiger partial charge < -0.3 is 31.2 Å². The molecule has 162 valence electrons. The van der Waals surface area contributed by atoms with Gasteiger partial charge >= 0.3 is 0 Å². The zero-order valence-corrected chi connectivity index (χ0v) is 17.3. The van der Waals surface area contributed by atoms with Crippen molar-refractivity contribution < 1.29 is 14.3 Å². The third kappa shape index (κ3) is 3.47. The number of hydrogen-bond acceptors (Lipinski definition) is 8. The summed E-state index contributed by atoms with van der Waals surface area (Å²) in [4.78, 5) is 26.1. The predicted octanol–water partition coefficient (Wildman–Crippen LogP) is 0.476. The second-order valence-corrected chi connectivity index (χ2v) is 8.05. The summed E-state index contributed by atoms with van der Waals surface area (Å²) >= 11 is 0. The third-order valence-electron chi connectivity index (χ3n) is 6.23. The Morgan fingerprint density at radius 1 is 1.19 bits per heavy atom. The van der Waals surface area contributed by atoms with E-state index in [4.69, 9.17) is 20.2 Å². The molecule has 1 aromatic carbocycles. The number of amides is 1. The summed E-state index contributed by atoms with van der Waals surface area (Å²) in [5.41, 5.74) is 6.45. The van der Waals surface area contributed by atoms with Crippen LogP contribution < -0.4 is 31.2 Å². The number of nitrogens with one attached hydrogen (secondary N) is 3. The van der Waals surface area contributed by atoms with Gasteiger partial charge in [-0.15, -0.1) is 0 Å². The number of guanidine groups is 1. The van der Waals surface area contributed by atoms with Gasteiger partial charge in [0.05, 0.1) is 32.5 Å². The lowest BCUT2D eigenvalue weighted by atomic mass is 9.88. The van der Waals surface area contributed by atoms with E-state index in [1.165, 1.54) is 0 Å². The highest BCUT2D eigenvalue weighted by Gasteiger charge is 2.48. The van der Waals surface area contributed by atoms with Gasteiger partial charge in [0, 0.05) is 29.8 Å². The zero-order valence-electron chi connectivity index (χ0n) is 17.3. The van der Waals surface area contributed by atoms with Crippen molar-refractivity contribution in [1.29, 1.82) is 0 Å². The van der Waals surface area contributed by atoms with E-state index in [2.05, 4.69) is 38.1 Å². The highest BCUT2D eigenvalue weighted by Crippen LogP contribution is 2.45. The number of benzene rings is 1. The molecule has 1 aromatic rings. The average Bonchev–Trinajstić information content (AvgIpc) is 3.49. The first-order valence-electron chi connectivity index (χ1n) is 10.2. The molecule has 5 rings (SSSR count). The van der Waals surface area contributed by atoms with Gasteiger partial charge in [-0.3, -0.25) is 9.79 Å². The number of carbonyl (C=O) groups is 1. The fourth-order valence-electron chi connectivity index (χ4n) is 4.77. The fourth-order valence-corrected chi connectivity index (χ4v) is 4.77. The lowest BCUT2D eigenvalue weighted by molar-refractivity contribution is -0.122. The Hall–Kier alpha value is -3.56. The van der Waals surface area contributed by atoms with Crippen LogP contribution >= 0.6 is 0 Å². The summed E-state index contributed by atoms with van der Waals surface area (Å²) in [5, 5.41) is 9.74. The van der Waals surface area contributed by atoms with Gasteiger partial charge in [0.2, 0.25) is 11.9 Å². The lowest BCUT2D eigenvalue weighted by Gasteiger charge is -2.29. The Labute approximate surface area is 179 Å². The maximum absolute atomic E-state index is 12.1. The molecule has 6 atom stereocenters. The Morgan fingerprint density at radius 2 is 1.94 bits per heavy atom. The number of anilines is 1. The number of nitrogens with zero attached hydrogens (tertiary/aromatic N) is 3. The smallest absolute Gasteiger partial charge is 0.223 e. The predicted molar refractivity (Wildman–Crippen MR) is 118 cm³/mol. The summed E-state index contributed by atoms with van der Waals surface area (Å²) in [5.74, 6) is 2.30. The van der Waals surface area contributed by atoms with E-state index in [1.807, 2.05) is 12.1 Å². The van der Waals surface area contributed by atoms with Gasteiger partial charge in [-0.05, 0) is 12.3 Å². The second kappa shape index (κ2) is 7.60. The summed E-state index contributed by atoms with van der Waals surface area (Å²) in [6.45, 7) is 0. The molecule has 0 radical (unpaired) electrons. The minimum atomic E-state index is -0.351. The number of amidine groups is 1. The minimum absolute atomic E-state index is 0.166. The molecule has 10 heteroatoms. The number of carbonyl (C=O) groups excluding carboxylic acids is 1. The normalized spacial score (nSPS) is 33.5. The summed E-state index contributed by atoms with van der Waals surface area (Å²) in [6, 6.07) is 5.09. The van der Waals surface area contributed by atoms with Crippen molar-refractivity contribution in [1.82, 2.24) is 10.6 Å². The van der Waals surface area contributed by atoms with Crippen molar-refractivity contribution in [3.8, 4) is 11.5 Å². The molecule has 2 bridgehead atoms. The molecule has 1 fully saturated rings. The van der Waals surface area contributed by atoms with Crippen LogP contribution in [0.2, 0.25) is 0 Å². The highest BCUT2D eigenvalue weighted by atomic mass is 16.5. The monoisotopic (exact) mass is 423 g/mol. The molecule has 0 saturated heterocycles. The molecule has 1 amide bonds. The molecule has 5 N–H and O–H groups in total. The number of hydrogen-bond donors (Lipinski definition) is 4. The van der Waals surface area contributed by atoms with Gasteiger partial charge in [-0.2, -0.15) is 0 Å². The molecule has 2 aliphatic heterocycles. The first-order valence-corrected chi connectivity index (χ1v) is 10.2. The molecular formula is C21H25N7O3. The van der Waals surface area contributed by atoms with Crippen molar-refractivity contribution in [2.45, 2.75) is 24.7 Å². The number of primary amides is 1. The average molecular weight is 423 g/mol. The van der Waals surface area contributed by atoms with Gasteiger partial charge in [-0.1, -0.05) is 12.2 Å². The summed E-state index contributed by atoms with van der Waals surface area (Å²) in [7, 11) is 3.20. The Morgan fingerprint density at radius 3 is 2.65 bits per heavy atom. The molecule has 31 heavy (non-hydrogen) atoms. The maximum atomic E-state index is 12.1. The molecule has 6 unspecified atom stereocenters. The van der Waals surface area contributed by atoms with E-state index in [0.717, 1.165) is 12.1 Å². The molecule has 2 heterocycles. The van der Waals surface area contributed by atoms with Crippen molar-refractivity contribution in [3.63, 3.8) is 0 Å². The van der Waals surface area contributed by atoms with E-state index in [-0.39, 0.29) is 41.9 Å². The standard InChI is InChI=1S/C21H25N7O3/c1-30-13-6-12(7-14(8-13)31-2)25-21-27-19-17(23-9-24-19)20(28-21)26-16-11-4-3-10(5-11)15(16)18(22)29/h3-4,6-11,15-17,19H,5H2,1-2H3,(H2,22,29)(H,23,24)(H2,25,26,27,28).